The SMILES string of the molecule is CCOc1cc(NC(=O)N(C)CC)ccc1F. The van der Waals surface area contributed by atoms with Crippen LogP contribution in [-0.4, -0.2) is 31.1 Å². The largest absolute Gasteiger partial charge is 0.491 e. The Bertz CT molecular complexity index is 396. The van der Waals surface area contributed by atoms with Crippen LogP contribution in [-0.2, 0) is 0 Å². The Hall–Kier alpha value is -1.78. The first-order valence-electron chi connectivity index (χ1n) is 5.53. The average molecular weight is 240 g/mol. The smallest absolute Gasteiger partial charge is 0.321 e. The molecule has 0 fully saturated rings. The molecule has 0 unspecified atom stereocenters. The Morgan fingerprint density at radius 1 is 1.47 bits per heavy atom. The third kappa shape index (κ3) is 3.62. The van der Waals surface area contributed by atoms with Gasteiger partial charge in [0.1, 0.15) is 0 Å². The molecule has 0 spiro atoms. The number of nitrogens with zero attached hydrogens (tertiary/aromatic N) is 1. The standard InChI is InChI=1S/C12H17FN2O2/c1-4-15(3)12(16)14-9-6-7-10(13)11(8-9)17-5-2/h6-8H,4-5H2,1-3H3,(H,14,16). The van der Waals surface area contributed by atoms with E-state index in [9.17, 15) is 9.18 Å². The highest BCUT2D eigenvalue weighted by atomic mass is 19.1. The molecule has 0 saturated carbocycles. The first kappa shape index (κ1) is 13.3. The zero-order valence-corrected chi connectivity index (χ0v) is 10.3. The van der Waals surface area contributed by atoms with Crippen LogP contribution < -0.4 is 10.1 Å². The maximum Gasteiger partial charge on any atom is 0.321 e. The van der Waals surface area contributed by atoms with E-state index in [1.807, 2.05) is 6.92 Å². The van der Waals surface area contributed by atoms with Crippen molar-refractivity contribution in [2.24, 2.45) is 0 Å². The van der Waals surface area contributed by atoms with Crippen LogP contribution in [0.3, 0.4) is 0 Å². The van der Waals surface area contributed by atoms with E-state index in [0.717, 1.165) is 0 Å². The molecule has 0 aromatic heterocycles. The van der Waals surface area contributed by atoms with Crippen LogP contribution in [0, 0.1) is 5.82 Å². The molecule has 0 saturated heterocycles. The summed E-state index contributed by atoms with van der Waals surface area (Å²) in [5.74, 6) is -0.293. The number of amides is 2. The van der Waals surface area contributed by atoms with Gasteiger partial charge in [0.05, 0.1) is 6.61 Å². The lowest BCUT2D eigenvalue weighted by atomic mass is 10.3. The van der Waals surface area contributed by atoms with Crippen molar-refractivity contribution in [1.82, 2.24) is 4.90 Å². The quantitative estimate of drug-likeness (QED) is 0.879. The van der Waals surface area contributed by atoms with Crippen LogP contribution in [0.5, 0.6) is 5.75 Å². The van der Waals surface area contributed by atoms with Crippen LogP contribution in [0.4, 0.5) is 14.9 Å². The van der Waals surface area contributed by atoms with Gasteiger partial charge in [0.25, 0.3) is 0 Å². The van der Waals surface area contributed by atoms with E-state index >= 15 is 0 Å². The lowest BCUT2D eigenvalue weighted by molar-refractivity contribution is 0.224. The number of halogens is 1. The van der Waals surface area contributed by atoms with Crippen LogP contribution in [0.2, 0.25) is 0 Å². The van der Waals surface area contributed by atoms with Gasteiger partial charge in [-0.25, -0.2) is 9.18 Å². The third-order valence-corrected chi connectivity index (χ3v) is 2.30. The number of benzene rings is 1. The Labute approximate surface area is 100 Å². The van der Waals surface area contributed by atoms with Crippen molar-refractivity contribution in [1.29, 1.82) is 0 Å². The number of anilines is 1. The minimum absolute atomic E-state index is 0.143. The molecule has 1 aromatic carbocycles. The summed E-state index contributed by atoms with van der Waals surface area (Å²) in [5, 5.41) is 2.66. The molecule has 0 atom stereocenters. The highest BCUT2D eigenvalue weighted by Crippen LogP contribution is 2.22. The minimum atomic E-state index is -0.436. The Balaban J connectivity index is 2.78. The number of ether oxygens (including phenoxy) is 1. The molecule has 1 N–H and O–H groups in total. The van der Waals surface area contributed by atoms with Crippen LogP contribution in [0.1, 0.15) is 13.8 Å². The summed E-state index contributed by atoms with van der Waals surface area (Å²) >= 11 is 0. The van der Waals surface area contributed by atoms with Gasteiger partial charge in [0, 0.05) is 25.3 Å². The second-order valence-electron chi connectivity index (χ2n) is 3.52. The van der Waals surface area contributed by atoms with E-state index < -0.39 is 5.82 Å². The molecule has 1 rings (SSSR count). The summed E-state index contributed by atoms with van der Waals surface area (Å²) < 4.78 is 18.4. The predicted molar refractivity (Wildman–Crippen MR) is 64.9 cm³/mol. The highest BCUT2D eigenvalue weighted by Gasteiger charge is 2.09. The molecule has 2 amide bonds. The number of urea groups is 1. The van der Waals surface area contributed by atoms with Crippen molar-refractivity contribution in [3.8, 4) is 5.75 Å². The van der Waals surface area contributed by atoms with E-state index in [2.05, 4.69) is 5.32 Å². The van der Waals surface area contributed by atoms with Crippen molar-refractivity contribution < 1.29 is 13.9 Å². The van der Waals surface area contributed by atoms with Gasteiger partial charge in [-0.15, -0.1) is 0 Å². The number of hydrogen-bond donors (Lipinski definition) is 1. The fourth-order valence-corrected chi connectivity index (χ4v) is 1.21. The lowest BCUT2D eigenvalue weighted by Crippen LogP contribution is -2.30. The second kappa shape index (κ2) is 6.08. The van der Waals surface area contributed by atoms with Gasteiger partial charge in [-0.05, 0) is 26.0 Å². The molecule has 0 bridgehead atoms. The molecule has 0 aliphatic heterocycles. The molecule has 0 aliphatic carbocycles. The van der Waals surface area contributed by atoms with Gasteiger partial charge in [-0.2, -0.15) is 0 Å². The zero-order chi connectivity index (χ0) is 12.8. The topological polar surface area (TPSA) is 41.6 Å². The number of hydrogen-bond acceptors (Lipinski definition) is 2. The van der Waals surface area contributed by atoms with Crippen molar-refractivity contribution >= 4 is 11.7 Å². The maximum absolute atomic E-state index is 13.3. The molecule has 1 aromatic rings. The van der Waals surface area contributed by atoms with E-state index in [1.54, 1.807) is 14.0 Å². The number of nitrogens with one attached hydrogen (secondary N) is 1. The summed E-state index contributed by atoms with van der Waals surface area (Å²) in [6, 6.07) is 4.01. The van der Waals surface area contributed by atoms with Gasteiger partial charge >= 0.3 is 6.03 Å². The van der Waals surface area contributed by atoms with E-state index in [1.165, 1.54) is 23.1 Å². The number of carbonyl (C=O) groups excluding carboxylic acids is 1. The van der Waals surface area contributed by atoms with E-state index in [0.29, 0.717) is 18.8 Å². The lowest BCUT2D eigenvalue weighted by Gasteiger charge is -2.16. The molecule has 0 heterocycles. The molecular weight excluding hydrogens is 223 g/mol. The summed E-state index contributed by atoms with van der Waals surface area (Å²) in [5.41, 5.74) is 0.514. The highest BCUT2D eigenvalue weighted by molar-refractivity contribution is 5.89. The Morgan fingerprint density at radius 3 is 2.76 bits per heavy atom. The Morgan fingerprint density at radius 2 is 2.18 bits per heavy atom. The second-order valence-corrected chi connectivity index (χ2v) is 3.52. The third-order valence-electron chi connectivity index (χ3n) is 2.30. The summed E-state index contributed by atoms with van der Waals surface area (Å²) in [6.07, 6.45) is 0. The monoisotopic (exact) mass is 240 g/mol. The van der Waals surface area contributed by atoms with Crippen molar-refractivity contribution in [2.75, 3.05) is 25.5 Å². The van der Waals surface area contributed by atoms with Gasteiger partial charge < -0.3 is 15.0 Å². The molecule has 4 nitrogen and oxygen atoms in total. The molecule has 17 heavy (non-hydrogen) atoms. The Kier molecular flexibility index (Phi) is 4.75. The number of carbonyl (C=O) groups is 1. The molecule has 0 aliphatic rings. The van der Waals surface area contributed by atoms with E-state index in [-0.39, 0.29) is 11.8 Å². The first-order valence-corrected chi connectivity index (χ1v) is 5.53. The normalized spacial score (nSPS) is 9.88. The molecule has 5 heteroatoms. The predicted octanol–water partition coefficient (Wildman–Crippen LogP) is 2.71. The maximum atomic E-state index is 13.3. The zero-order valence-electron chi connectivity index (χ0n) is 10.3. The van der Waals surface area contributed by atoms with Crippen LogP contribution in [0.25, 0.3) is 0 Å². The van der Waals surface area contributed by atoms with E-state index in [4.69, 9.17) is 4.74 Å². The average Bonchev–Trinajstić information content (AvgIpc) is 2.32. The summed E-state index contributed by atoms with van der Waals surface area (Å²) in [6.45, 7) is 4.62. The summed E-state index contributed by atoms with van der Waals surface area (Å²) in [4.78, 5) is 13.1. The van der Waals surface area contributed by atoms with Gasteiger partial charge in [0.15, 0.2) is 11.6 Å². The van der Waals surface area contributed by atoms with Crippen LogP contribution in [0.15, 0.2) is 18.2 Å². The fourth-order valence-electron chi connectivity index (χ4n) is 1.21. The van der Waals surface area contributed by atoms with Crippen molar-refractivity contribution in [3.05, 3.63) is 24.0 Å². The molecule has 94 valence electrons. The molecular formula is C12H17FN2O2. The van der Waals surface area contributed by atoms with Crippen molar-refractivity contribution in [2.45, 2.75) is 13.8 Å². The van der Waals surface area contributed by atoms with Gasteiger partial charge in [0.2, 0.25) is 0 Å². The minimum Gasteiger partial charge on any atom is -0.491 e. The fraction of sp³-hybridized carbons (Fsp3) is 0.417. The van der Waals surface area contributed by atoms with Crippen LogP contribution >= 0.6 is 0 Å². The number of rotatable bonds is 4. The summed E-state index contributed by atoms with van der Waals surface area (Å²) in [7, 11) is 1.68. The van der Waals surface area contributed by atoms with Crippen molar-refractivity contribution in [3.63, 3.8) is 0 Å². The van der Waals surface area contributed by atoms with Gasteiger partial charge in [-0.3, -0.25) is 0 Å². The molecule has 0 radical (unpaired) electrons. The van der Waals surface area contributed by atoms with Gasteiger partial charge in [-0.1, -0.05) is 0 Å². The first-order chi connectivity index (χ1) is 8.08.